The first-order valence-corrected chi connectivity index (χ1v) is 8.25. The van der Waals surface area contributed by atoms with E-state index in [1.165, 1.54) is 16.7 Å². The molecule has 1 aromatic rings. The predicted octanol–water partition coefficient (Wildman–Crippen LogP) is 0.677. The molecular weight excluding hydrogens is 320 g/mol. The zero-order chi connectivity index (χ0) is 16.0. The topological polar surface area (TPSA) is 105 Å². The zero-order valence-electron chi connectivity index (χ0n) is 12.0. The largest absolute Gasteiger partial charge is 0.512 e. The summed E-state index contributed by atoms with van der Waals surface area (Å²) in [6, 6.07) is 1.48. The van der Waals surface area contributed by atoms with E-state index < -0.39 is 6.16 Å². The van der Waals surface area contributed by atoms with Crippen LogP contribution in [0.25, 0.3) is 0 Å². The van der Waals surface area contributed by atoms with Gasteiger partial charge in [0.1, 0.15) is 6.04 Å². The molecule has 8 nitrogen and oxygen atoms in total. The number of piperidine rings is 1. The summed E-state index contributed by atoms with van der Waals surface area (Å²) in [6.07, 6.45) is 2.76. The van der Waals surface area contributed by atoms with Gasteiger partial charge in [-0.15, -0.1) is 0 Å². The number of hydrogen-bond donors (Lipinski definition) is 2. The van der Waals surface area contributed by atoms with Gasteiger partial charge in [0.2, 0.25) is 11.8 Å². The van der Waals surface area contributed by atoms with Crippen LogP contribution in [0.3, 0.4) is 0 Å². The van der Waals surface area contributed by atoms with Gasteiger partial charge in [0.15, 0.2) is 5.16 Å². The number of β-lactam (4-membered cyclic amide) rings is 1. The number of nitrogens with one attached hydrogen (secondary N) is 1. The molecule has 3 aliphatic rings. The molecule has 0 aromatic carbocycles. The Morgan fingerprint density at radius 3 is 3.00 bits per heavy atom. The second-order valence-corrected chi connectivity index (χ2v) is 6.49. The molecule has 4 rings (SSSR count). The lowest BCUT2D eigenvalue weighted by molar-refractivity contribution is -0.152. The van der Waals surface area contributed by atoms with Gasteiger partial charge < -0.3 is 15.2 Å². The van der Waals surface area contributed by atoms with Crippen molar-refractivity contribution >= 4 is 23.8 Å². The highest BCUT2D eigenvalue weighted by Gasteiger charge is 2.60. The summed E-state index contributed by atoms with van der Waals surface area (Å²) in [5.74, 6) is 0.696. The first-order chi connectivity index (χ1) is 11.2. The highest BCUT2D eigenvalue weighted by Crippen LogP contribution is 2.47. The van der Waals surface area contributed by atoms with E-state index in [0.717, 1.165) is 18.5 Å². The maximum Gasteiger partial charge on any atom is 0.512 e. The molecule has 0 saturated carbocycles. The maximum atomic E-state index is 12.2. The summed E-state index contributed by atoms with van der Waals surface area (Å²) < 4.78 is 4.94. The van der Waals surface area contributed by atoms with Gasteiger partial charge in [-0.2, -0.15) is 0 Å². The summed E-state index contributed by atoms with van der Waals surface area (Å²) in [5, 5.41) is 12.8. The van der Waals surface area contributed by atoms with Crippen LogP contribution in [-0.4, -0.2) is 56.4 Å². The molecule has 1 amide bonds. The van der Waals surface area contributed by atoms with E-state index in [4.69, 9.17) is 9.84 Å². The number of nitrogens with zero attached hydrogens (tertiary/aromatic N) is 3. The number of amides is 1. The van der Waals surface area contributed by atoms with Gasteiger partial charge in [0.25, 0.3) is 0 Å². The smallest absolute Gasteiger partial charge is 0.449 e. The van der Waals surface area contributed by atoms with Gasteiger partial charge in [-0.25, -0.2) is 14.8 Å². The molecule has 3 atom stereocenters. The van der Waals surface area contributed by atoms with Crippen LogP contribution in [0.2, 0.25) is 0 Å². The van der Waals surface area contributed by atoms with Crippen molar-refractivity contribution in [2.24, 2.45) is 5.92 Å². The number of carbonyl (C=O) groups is 2. The molecule has 3 aliphatic heterocycles. The van der Waals surface area contributed by atoms with Gasteiger partial charge in [-0.1, -0.05) is 11.8 Å². The van der Waals surface area contributed by atoms with E-state index in [9.17, 15) is 9.59 Å². The Kier molecular flexibility index (Phi) is 3.46. The normalized spacial score (nSPS) is 28.4. The molecule has 2 N–H and O–H groups in total. The fourth-order valence-corrected chi connectivity index (χ4v) is 4.39. The molecule has 2 fully saturated rings. The number of aromatic nitrogens is 2. The Morgan fingerprint density at radius 2 is 2.26 bits per heavy atom. The average Bonchev–Trinajstić information content (AvgIpc) is 2.84. The van der Waals surface area contributed by atoms with E-state index in [-0.39, 0.29) is 29.8 Å². The van der Waals surface area contributed by atoms with Gasteiger partial charge in [0.05, 0.1) is 6.04 Å². The molecule has 0 bridgehead atoms. The standard InChI is InChI=1S/C14H14N4O4S/c19-11-9-10-7(2-5-15-9)8(12(18(10)11)22-14(20)21)6-23-13-16-3-1-4-17-13/h1,3-4,7,9-10,15H,2,5-6H2,(H,20,21)/t7?,9-,10+/m0/s1. The Bertz CT molecular complexity index is 695. The third kappa shape index (κ3) is 2.27. The van der Waals surface area contributed by atoms with Crippen LogP contribution in [0.1, 0.15) is 6.42 Å². The van der Waals surface area contributed by atoms with E-state index in [0.29, 0.717) is 10.9 Å². The fraction of sp³-hybridized carbons (Fsp3) is 0.429. The van der Waals surface area contributed by atoms with Crippen molar-refractivity contribution in [3.63, 3.8) is 0 Å². The molecule has 120 valence electrons. The highest BCUT2D eigenvalue weighted by molar-refractivity contribution is 7.99. The summed E-state index contributed by atoms with van der Waals surface area (Å²) in [4.78, 5) is 33.0. The lowest BCUT2D eigenvalue weighted by atomic mass is 9.80. The second-order valence-electron chi connectivity index (χ2n) is 5.54. The van der Waals surface area contributed by atoms with Crippen LogP contribution in [0.4, 0.5) is 4.79 Å². The monoisotopic (exact) mass is 334 g/mol. The predicted molar refractivity (Wildman–Crippen MR) is 79.4 cm³/mol. The Labute approximate surface area is 135 Å². The van der Waals surface area contributed by atoms with Crippen LogP contribution in [0.15, 0.2) is 35.1 Å². The van der Waals surface area contributed by atoms with E-state index >= 15 is 0 Å². The van der Waals surface area contributed by atoms with Crippen LogP contribution < -0.4 is 5.32 Å². The molecule has 0 spiro atoms. The van der Waals surface area contributed by atoms with Crippen molar-refractivity contribution in [2.75, 3.05) is 12.3 Å². The lowest BCUT2D eigenvalue weighted by Crippen LogP contribution is -2.71. The molecule has 1 aromatic heterocycles. The Morgan fingerprint density at radius 1 is 1.48 bits per heavy atom. The van der Waals surface area contributed by atoms with Crippen molar-refractivity contribution in [3.8, 4) is 0 Å². The minimum Gasteiger partial charge on any atom is -0.449 e. The van der Waals surface area contributed by atoms with E-state index in [2.05, 4.69) is 15.3 Å². The minimum atomic E-state index is -1.40. The third-order valence-corrected chi connectivity index (χ3v) is 5.32. The maximum absolute atomic E-state index is 12.2. The number of hydrogen-bond acceptors (Lipinski definition) is 7. The number of rotatable bonds is 4. The molecule has 2 saturated heterocycles. The third-order valence-electron chi connectivity index (χ3n) is 4.40. The van der Waals surface area contributed by atoms with Crippen LogP contribution in [-0.2, 0) is 9.53 Å². The molecule has 0 aliphatic carbocycles. The van der Waals surface area contributed by atoms with Crippen molar-refractivity contribution < 1.29 is 19.4 Å². The van der Waals surface area contributed by atoms with Crippen LogP contribution in [0.5, 0.6) is 0 Å². The van der Waals surface area contributed by atoms with Crippen molar-refractivity contribution in [1.29, 1.82) is 0 Å². The van der Waals surface area contributed by atoms with Gasteiger partial charge in [-0.05, 0) is 19.0 Å². The van der Waals surface area contributed by atoms with E-state index in [1.54, 1.807) is 18.5 Å². The molecule has 4 heterocycles. The zero-order valence-corrected chi connectivity index (χ0v) is 12.8. The average molecular weight is 334 g/mol. The first-order valence-electron chi connectivity index (χ1n) is 7.27. The van der Waals surface area contributed by atoms with Gasteiger partial charge >= 0.3 is 6.16 Å². The molecule has 0 radical (unpaired) electrons. The van der Waals surface area contributed by atoms with Crippen molar-refractivity contribution in [3.05, 3.63) is 29.9 Å². The summed E-state index contributed by atoms with van der Waals surface area (Å²) in [6.45, 7) is 0.738. The van der Waals surface area contributed by atoms with E-state index in [1.807, 2.05) is 0 Å². The highest BCUT2D eigenvalue weighted by atomic mass is 32.2. The fourth-order valence-electron chi connectivity index (χ4n) is 3.49. The second kappa shape index (κ2) is 5.50. The number of carboxylic acid groups (broad SMARTS) is 1. The van der Waals surface area contributed by atoms with Crippen molar-refractivity contribution in [1.82, 2.24) is 20.2 Å². The summed E-state index contributed by atoms with van der Waals surface area (Å²) in [7, 11) is 0. The van der Waals surface area contributed by atoms with Crippen molar-refractivity contribution in [2.45, 2.75) is 23.7 Å². The molecular formula is C14H14N4O4S. The number of carbonyl (C=O) groups excluding carboxylic acids is 1. The Balaban J connectivity index is 1.62. The van der Waals surface area contributed by atoms with Gasteiger partial charge in [0, 0.05) is 29.6 Å². The van der Waals surface area contributed by atoms with Crippen LogP contribution >= 0.6 is 11.8 Å². The summed E-state index contributed by atoms with van der Waals surface area (Å²) in [5.41, 5.74) is 0.854. The van der Waals surface area contributed by atoms with Gasteiger partial charge in [-0.3, -0.25) is 9.69 Å². The summed E-state index contributed by atoms with van der Waals surface area (Å²) >= 11 is 1.41. The lowest BCUT2D eigenvalue weighted by Gasteiger charge is -2.48. The SMILES string of the molecule is O=C(O)OC1=C(CSc2ncccn2)C2CCN[C@@H]3C(=O)N1[C@H]23. The minimum absolute atomic E-state index is 0.0297. The van der Waals surface area contributed by atoms with Crippen LogP contribution in [0, 0.1) is 5.92 Å². The molecule has 9 heteroatoms. The quantitative estimate of drug-likeness (QED) is 0.358. The first kappa shape index (κ1) is 14.5. The molecule has 23 heavy (non-hydrogen) atoms. The Hall–Kier alpha value is -2.13. The number of thioether (sulfide) groups is 1. The number of ether oxygens (including phenoxy) is 1. The molecule has 1 unspecified atom stereocenters.